The number of nitro groups is 1. The highest BCUT2D eigenvalue weighted by molar-refractivity contribution is 5.79. The van der Waals surface area contributed by atoms with Gasteiger partial charge in [0.1, 0.15) is 6.04 Å². The van der Waals surface area contributed by atoms with Crippen molar-refractivity contribution in [2.45, 2.75) is 31.7 Å². The number of hydrogen-bond acceptors (Lipinski definition) is 6. The lowest BCUT2D eigenvalue weighted by Gasteiger charge is -2.26. The largest absolute Gasteiger partial charge is 0.344 e. The third-order valence-electron chi connectivity index (χ3n) is 5.13. The van der Waals surface area contributed by atoms with Gasteiger partial charge in [0.15, 0.2) is 0 Å². The summed E-state index contributed by atoms with van der Waals surface area (Å²) < 4.78 is 5.44. The summed E-state index contributed by atoms with van der Waals surface area (Å²) in [6.07, 6.45) is 3.37. The van der Waals surface area contributed by atoms with Crippen molar-refractivity contribution in [1.82, 2.24) is 15.5 Å². The summed E-state index contributed by atoms with van der Waals surface area (Å²) >= 11 is 0. The second kappa shape index (κ2) is 8.22. The van der Waals surface area contributed by atoms with Crippen LogP contribution in [0, 0.1) is 16.0 Å². The number of carbonyl (C=O) groups excluding carboxylic acids is 1. The van der Waals surface area contributed by atoms with E-state index in [0.29, 0.717) is 12.0 Å². The van der Waals surface area contributed by atoms with Gasteiger partial charge in [0.25, 0.3) is 5.69 Å². The Hall–Kier alpha value is -3.55. The zero-order valence-electron chi connectivity index (χ0n) is 15.7. The molecule has 0 bridgehead atoms. The lowest BCUT2D eigenvalue weighted by Crippen LogP contribution is -2.37. The molecular formula is C21H20N4O4. The normalized spacial score (nSPS) is 14.8. The predicted octanol–water partition coefficient (Wildman–Crippen LogP) is 3.84. The number of non-ortho nitro benzene ring substituents is 1. The molecule has 1 fully saturated rings. The fourth-order valence-electron chi connectivity index (χ4n) is 3.26. The van der Waals surface area contributed by atoms with Crippen molar-refractivity contribution in [1.29, 1.82) is 0 Å². The van der Waals surface area contributed by atoms with Crippen LogP contribution in [0.15, 0.2) is 59.1 Å². The number of carbonyl (C=O) groups is 1. The molecule has 148 valence electrons. The molecule has 8 nitrogen and oxygen atoms in total. The molecule has 1 aliphatic carbocycles. The Labute approximate surface area is 167 Å². The number of hydrogen-bond donors (Lipinski definition) is 1. The smallest absolute Gasteiger partial charge is 0.270 e. The van der Waals surface area contributed by atoms with E-state index in [1.807, 2.05) is 30.3 Å². The third kappa shape index (κ3) is 4.31. The van der Waals surface area contributed by atoms with Crippen LogP contribution in [0.2, 0.25) is 0 Å². The first-order valence-electron chi connectivity index (χ1n) is 9.53. The van der Waals surface area contributed by atoms with Crippen molar-refractivity contribution < 1.29 is 14.2 Å². The van der Waals surface area contributed by atoms with Gasteiger partial charge in [-0.3, -0.25) is 14.9 Å². The first kappa shape index (κ1) is 18.8. The highest BCUT2D eigenvalue weighted by atomic mass is 16.6. The summed E-state index contributed by atoms with van der Waals surface area (Å²) in [7, 11) is 0. The fraction of sp³-hybridized carbons (Fsp3) is 0.286. The maximum Gasteiger partial charge on any atom is 0.270 e. The Morgan fingerprint density at radius 2 is 2.00 bits per heavy atom. The Kier molecular flexibility index (Phi) is 5.33. The van der Waals surface area contributed by atoms with Crippen LogP contribution in [0.3, 0.4) is 0 Å². The maximum atomic E-state index is 12.5. The zero-order valence-corrected chi connectivity index (χ0v) is 15.7. The van der Waals surface area contributed by atoms with Crippen LogP contribution in [-0.4, -0.2) is 21.0 Å². The minimum absolute atomic E-state index is 0.00715. The van der Waals surface area contributed by atoms with E-state index < -0.39 is 11.0 Å². The maximum absolute atomic E-state index is 12.5. The number of nitrogens with one attached hydrogen (secondary N) is 1. The molecule has 1 atom stereocenters. The third-order valence-corrected chi connectivity index (χ3v) is 5.13. The van der Waals surface area contributed by atoms with E-state index in [1.165, 1.54) is 12.1 Å². The molecule has 0 spiro atoms. The van der Waals surface area contributed by atoms with Gasteiger partial charge in [-0.05, 0) is 18.4 Å². The number of benzene rings is 2. The van der Waals surface area contributed by atoms with E-state index in [2.05, 4.69) is 15.5 Å². The second-order valence-corrected chi connectivity index (χ2v) is 7.14. The average Bonchev–Trinajstić information content (AvgIpc) is 3.17. The first-order valence-corrected chi connectivity index (χ1v) is 9.53. The standard InChI is InChI=1S/C21H20N4O4/c26-20(15-8-4-9-15)22-18(12-14-6-2-1-3-7-14)21-23-19(24-29-21)16-10-5-11-17(13-16)25(27)28/h1-3,5-7,10-11,13,15,18H,4,8-9,12H2,(H,22,26). The number of amides is 1. The van der Waals surface area contributed by atoms with Crippen molar-refractivity contribution in [2.24, 2.45) is 5.92 Å². The van der Waals surface area contributed by atoms with E-state index >= 15 is 0 Å². The fourth-order valence-corrected chi connectivity index (χ4v) is 3.26. The quantitative estimate of drug-likeness (QED) is 0.483. The van der Waals surface area contributed by atoms with Crippen LogP contribution < -0.4 is 5.32 Å². The van der Waals surface area contributed by atoms with E-state index in [4.69, 9.17) is 4.52 Å². The molecule has 8 heteroatoms. The van der Waals surface area contributed by atoms with E-state index in [1.54, 1.807) is 12.1 Å². The Morgan fingerprint density at radius 1 is 1.21 bits per heavy atom. The van der Waals surface area contributed by atoms with Crippen LogP contribution in [0.4, 0.5) is 5.69 Å². The average molecular weight is 392 g/mol. The van der Waals surface area contributed by atoms with Crippen molar-refractivity contribution in [3.63, 3.8) is 0 Å². The zero-order chi connectivity index (χ0) is 20.2. The Balaban J connectivity index is 1.59. The van der Waals surface area contributed by atoms with E-state index in [9.17, 15) is 14.9 Å². The Morgan fingerprint density at radius 3 is 2.69 bits per heavy atom. The molecule has 4 rings (SSSR count). The molecule has 1 amide bonds. The van der Waals surface area contributed by atoms with Crippen molar-refractivity contribution in [2.75, 3.05) is 0 Å². The molecule has 1 heterocycles. The minimum Gasteiger partial charge on any atom is -0.344 e. The van der Waals surface area contributed by atoms with Gasteiger partial charge in [0.05, 0.1) is 4.92 Å². The highest BCUT2D eigenvalue weighted by Gasteiger charge is 2.29. The number of aromatic nitrogens is 2. The molecule has 1 unspecified atom stereocenters. The molecule has 1 saturated carbocycles. The molecule has 3 aromatic rings. The monoisotopic (exact) mass is 392 g/mol. The molecule has 0 radical (unpaired) electrons. The second-order valence-electron chi connectivity index (χ2n) is 7.14. The highest BCUT2D eigenvalue weighted by Crippen LogP contribution is 2.29. The van der Waals surface area contributed by atoms with Crippen LogP contribution in [0.25, 0.3) is 11.4 Å². The van der Waals surface area contributed by atoms with E-state index in [-0.39, 0.29) is 29.2 Å². The molecular weight excluding hydrogens is 372 g/mol. The summed E-state index contributed by atoms with van der Waals surface area (Å²) in [6.45, 7) is 0. The molecule has 0 saturated heterocycles. The van der Waals surface area contributed by atoms with Crippen LogP contribution >= 0.6 is 0 Å². The number of nitrogens with zero attached hydrogens (tertiary/aromatic N) is 3. The van der Waals surface area contributed by atoms with Gasteiger partial charge in [-0.1, -0.05) is 54.0 Å². The molecule has 2 aromatic carbocycles. The van der Waals surface area contributed by atoms with Crippen molar-refractivity contribution >= 4 is 11.6 Å². The predicted molar refractivity (Wildman–Crippen MR) is 105 cm³/mol. The molecule has 0 aliphatic heterocycles. The van der Waals surface area contributed by atoms with Crippen LogP contribution in [0.1, 0.15) is 36.8 Å². The van der Waals surface area contributed by atoms with Gasteiger partial charge in [0.2, 0.25) is 17.6 Å². The van der Waals surface area contributed by atoms with Crippen molar-refractivity contribution in [3.8, 4) is 11.4 Å². The Bertz CT molecular complexity index is 1010. The van der Waals surface area contributed by atoms with E-state index in [0.717, 1.165) is 24.8 Å². The minimum atomic E-state index is -0.471. The molecule has 29 heavy (non-hydrogen) atoms. The summed E-state index contributed by atoms with van der Waals surface area (Å²) in [4.78, 5) is 27.5. The molecule has 1 N–H and O–H groups in total. The summed E-state index contributed by atoms with van der Waals surface area (Å²) in [6, 6.07) is 15.3. The summed E-state index contributed by atoms with van der Waals surface area (Å²) in [5, 5.41) is 18.0. The molecule has 1 aliphatic rings. The van der Waals surface area contributed by atoms with Gasteiger partial charge in [0, 0.05) is 30.0 Å². The summed E-state index contributed by atoms with van der Waals surface area (Å²) in [5.74, 6) is 0.558. The first-order chi connectivity index (χ1) is 14.1. The lowest BCUT2D eigenvalue weighted by atomic mass is 9.84. The van der Waals surface area contributed by atoms with Gasteiger partial charge in [-0.2, -0.15) is 4.98 Å². The summed E-state index contributed by atoms with van der Waals surface area (Å²) in [5.41, 5.74) is 1.47. The SMILES string of the molecule is O=C(NC(Cc1ccccc1)c1nc(-c2cccc([N+](=O)[O-])c2)no1)C1CCC1. The van der Waals surface area contributed by atoms with Gasteiger partial charge >= 0.3 is 0 Å². The van der Waals surface area contributed by atoms with Crippen LogP contribution in [0.5, 0.6) is 0 Å². The van der Waals surface area contributed by atoms with Crippen LogP contribution in [-0.2, 0) is 11.2 Å². The van der Waals surface area contributed by atoms with Gasteiger partial charge in [-0.25, -0.2) is 0 Å². The number of nitro benzene ring substituents is 1. The molecule has 1 aromatic heterocycles. The lowest BCUT2D eigenvalue weighted by molar-refractivity contribution is -0.384. The topological polar surface area (TPSA) is 111 Å². The van der Waals surface area contributed by atoms with Crippen molar-refractivity contribution in [3.05, 3.63) is 76.2 Å². The number of rotatable bonds is 7. The van der Waals surface area contributed by atoms with Gasteiger partial charge in [-0.15, -0.1) is 0 Å². The van der Waals surface area contributed by atoms with Gasteiger partial charge < -0.3 is 9.84 Å².